The summed E-state index contributed by atoms with van der Waals surface area (Å²) in [6.07, 6.45) is 0. The van der Waals surface area contributed by atoms with Crippen LogP contribution < -0.4 is 19.1 Å². The van der Waals surface area contributed by atoms with Crippen LogP contribution >= 0.6 is 11.3 Å². The molecular weight excluding hydrogens is 496 g/mol. The maximum absolute atomic E-state index is 13.3. The molecule has 0 saturated carbocycles. The number of fused-ring (bicyclic) bond motifs is 1. The number of rotatable bonds is 9. The van der Waals surface area contributed by atoms with Crippen LogP contribution in [-0.2, 0) is 10.0 Å². The lowest BCUT2D eigenvalue weighted by Gasteiger charge is -2.23. The van der Waals surface area contributed by atoms with Crippen molar-refractivity contribution >= 4 is 43.0 Å². The van der Waals surface area contributed by atoms with Crippen LogP contribution in [0.25, 0.3) is 10.1 Å². The number of sulfonamides is 1. The van der Waals surface area contributed by atoms with E-state index in [-0.39, 0.29) is 23.4 Å². The highest BCUT2D eigenvalue weighted by Crippen LogP contribution is 2.32. The van der Waals surface area contributed by atoms with Gasteiger partial charge < -0.3 is 14.8 Å². The lowest BCUT2D eigenvalue weighted by Crippen LogP contribution is -2.30. The van der Waals surface area contributed by atoms with Crippen molar-refractivity contribution in [3.05, 3.63) is 83.2 Å². The van der Waals surface area contributed by atoms with Gasteiger partial charge in [0.05, 0.1) is 35.7 Å². The molecule has 36 heavy (non-hydrogen) atoms. The Bertz CT molecular complexity index is 1460. The Morgan fingerprint density at radius 1 is 0.944 bits per heavy atom. The summed E-state index contributed by atoms with van der Waals surface area (Å²) in [6, 6.07) is 20.9. The first kappa shape index (κ1) is 25.5. The fourth-order valence-corrected chi connectivity index (χ4v) is 6.32. The molecule has 0 aliphatic rings. The number of nitrogens with one attached hydrogen (secondary N) is 1. The van der Waals surface area contributed by atoms with Crippen molar-refractivity contribution in [3.63, 3.8) is 0 Å². The molecule has 1 aromatic heterocycles. The minimum absolute atomic E-state index is 0.181. The first-order chi connectivity index (χ1) is 17.3. The molecule has 0 spiro atoms. The van der Waals surface area contributed by atoms with Crippen molar-refractivity contribution in [2.24, 2.45) is 0 Å². The van der Waals surface area contributed by atoms with Crippen LogP contribution in [0.4, 0.5) is 5.69 Å². The van der Waals surface area contributed by atoms with Crippen LogP contribution in [0.3, 0.4) is 0 Å². The predicted octanol–water partition coefficient (Wildman–Crippen LogP) is 5.62. The summed E-state index contributed by atoms with van der Waals surface area (Å²) in [5.74, 6) is 1.16. The van der Waals surface area contributed by atoms with Gasteiger partial charge in [0.2, 0.25) is 0 Å². The van der Waals surface area contributed by atoms with E-state index in [0.29, 0.717) is 16.3 Å². The Morgan fingerprint density at radius 2 is 1.56 bits per heavy atom. The standard InChI is InChI=1S/C27H28N2O5S2/c1-5-29(36(31,32)24-13-11-23(34-4)12-14-24)21-8-15-25-20(16-21)17-26(35-25)27(30)28-18(2)19-6-9-22(33-3)10-7-19/h6-18H,5H2,1-4H3,(H,28,30). The zero-order valence-corrected chi connectivity index (χ0v) is 22.2. The molecule has 9 heteroatoms. The van der Waals surface area contributed by atoms with Gasteiger partial charge in [-0.3, -0.25) is 9.10 Å². The number of methoxy groups -OCH3 is 2. The molecule has 0 aliphatic carbocycles. The van der Waals surface area contributed by atoms with E-state index in [1.54, 1.807) is 44.4 Å². The number of hydrogen-bond acceptors (Lipinski definition) is 6. The molecule has 1 unspecified atom stereocenters. The van der Waals surface area contributed by atoms with Gasteiger partial charge >= 0.3 is 0 Å². The van der Waals surface area contributed by atoms with Gasteiger partial charge in [0, 0.05) is 11.2 Å². The smallest absolute Gasteiger partial charge is 0.264 e. The predicted molar refractivity (Wildman–Crippen MR) is 144 cm³/mol. The van der Waals surface area contributed by atoms with Gasteiger partial charge in [-0.25, -0.2) is 8.42 Å². The minimum Gasteiger partial charge on any atom is -0.497 e. The fraction of sp³-hybridized carbons (Fsp3) is 0.222. The number of carbonyl (C=O) groups excluding carboxylic acids is 1. The lowest BCUT2D eigenvalue weighted by molar-refractivity contribution is 0.0944. The Kier molecular flexibility index (Phi) is 7.51. The second-order valence-electron chi connectivity index (χ2n) is 8.15. The van der Waals surface area contributed by atoms with Gasteiger partial charge in [0.25, 0.3) is 15.9 Å². The van der Waals surface area contributed by atoms with Gasteiger partial charge in [-0.15, -0.1) is 11.3 Å². The molecule has 0 fully saturated rings. The Hall–Kier alpha value is -3.56. The Morgan fingerprint density at radius 3 is 2.14 bits per heavy atom. The second kappa shape index (κ2) is 10.6. The SMILES string of the molecule is CCN(c1ccc2sc(C(=O)NC(C)c3ccc(OC)cc3)cc2c1)S(=O)(=O)c1ccc(OC)cc1. The van der Waals surface area contributed by atoms with Crippen LogP contribution in [0.5, 0.6) is 11.5 Å². The van der Waals surface area contributed by atoms with Crippen LogP contribution in [0, 0.1) is 0 Å². The van der Waals surface area contributed by atoms with E-state index < -0.39 is 10.0 Å². The molecule has 1 N–H and O–H groups in total. The molecule has 0 bridgehead atoms. The van der Waals surface area contributed by atoms with Crippen molar-refractivity contribution < 1.29 is 22.7 Å². The summed E-state index contributed by atoms with van der Waals surface area (Å²) in [6.45, 7) is 3.98. The minimum atomic E-state index is -3.77. The summed E-state index contributed by atoms with van der Waals surface area (Å²) in [4.78, 5) is 13.7. The van der Waals surface area contributed by atoms with Crippen molar-refractivity contribution in [3.8, 4) is 11.5 Å². The fourth-order valence-electron chi connectivity index (χ4n) is 3.91. The average molecular weight is 525 g/mol. The summed E-state index contributed by atoms with van der Waals surface area (Å²) in [5.41, 5.74) is 1.51. The van der Waals surface area contributed by atoms with E-state index in [1.165, 1.54) is 34.9 Å². The number of nitrogens with zero attached hydrogens (tertiary/aromatic N) is 1. The number of amides is 1. The molecule has 1 amide bonds. The normalized spacial score (nSPS) is 12.2. The van der Waals surface area contributed by atoms with E-state index in [1.807, 2.05) is 37.3 Å². The quantitative estimate of drug-likeness (QED) is 0.307. The molecule has 0 radical (unpaired) electrons. The molecule has 4 aromatic rings. The van der Waals surface area contributed by atoms with E-state index >= 15 is 0 Å². The Labute approximate surface area is 215 Å². The molecule has 7 nitrogen and oxygen atoms in total. The monoisotopic (exact) mass is 524 g/mol. The third-order valence-corrected chi connectivity index (χ3v) is 8.94. The van der Waals surface area contributed by atoms with Crippen molar-refractivity contribution in [1.82, 2.24) is 5.32 Å². The number of thiophene rings is 1. The highest BCUT2D eigenvalue weighted by Gasteiger charge is 2.24. The first-order valence-corrected chi connectivity index (χ1v) is 13.7. The highest BCUT2D eigenvalue weighted by atomic mass is 32.2. The van der Waals surface area contributed by atoms with Gasteiger partial charge in [-0.1, -0.05) is 12.1 Å². The maximum Gasteiger partial charge on any atom is 0.264 e. The molecule has 0 saturated heterocycles. The van der Waals surface area contributed by atoms with Crippen molar-refractivity contribution in [2.45, 2.75) is 24.8 Å². The van der Waals surface area contributed by atoms with E-state index in [0.717, 1.165) is 21.4 Å². The molecule has 188 valence electrons. The van der Waals surface area contributed by atoms with Crippen molar-refractivity contribution in [2.75, 3.05) is 25.1 Å². The average Bonchev–Trinajstić information content (AvgIpc) is 3.33. The summed E-state index contributed by atoms with van der Waals surface area (Å²) < 4.78 is 39.2. The molecular formula is C27H28N2O5S2. The van der Waals surface area contributed by atoms with E-state index in [2.05, 4.69) is 5.32 Å². The summed E-state index contributed by atoms with van der Waals surface area (Å²) in [5, 5.41) is 3.84. The highest BCUT2D eigenvalue weighted by molar-refractivity contribution is 7.92. The number of benzene rings is 3. The number of ether oxygens (including phenoxy) is 2. The molecule has 0 aliphatic heterocycles. The van der Waals surface area contributed by atoms with Crippen LogP contribution in [0.2, 0.25) is 0 Å². The topological polar surface area (TPSA) is 84.9 Å². The van der Waals surface area contributed by atoms with Crippen LogP contribution in [0.15, 0.2) is 77.7 Å². The largest absolute Gasteiger partial charge is 0.497 e. The zero-order valence-electron chi connectivity index (χ0n) is 20.5. The van der Waals surface area contributed by atoms with Crippen LogP contribution in [0.1, 0.15) is 35.1 Å². The van der Waals surface area contributed by atoms with Gasteiger partial charge in [-0.05, 0) is 85.5 Å². The van der Waals surface area contributed by atoms with E-state index in [9.17, 15) is 13.2 Å². The maximum atomic E-state index is 13.3. The molecule has 4 rings (SSSR count). The third kappa shape index (κ3) is 5.17. The molecule has 3 aromatic carbocycles. The van der Waals surface area contributed by atoms with Gasteiger partial charge in [0.15, 0.2) is 0 Å². The van der Waals surface area contributed by atoms with Gasteiger partial charge in [-0.2, -0.15) is 0 Å². The number of anilines is 1. The zero-order chi connectivity index (χ0) is 25.9. The van der Waals surface area contributed by atoms with Crippen molar-refractivity contribution in [1.29, 1.82) is 0 Å². The number of carbonyl (C=O) groups is 1. The summed E-state index contributed by atoms with van der Waals surface area (Å²) in [7, 11) is -0.620. The molecule has 1 atom stereocenters. The van der Waals surface area contributed by atoms with E-state index in [4.69, 9.17) is 9.47 Å². The first-order valence-electron chi connectivity index (χ1n) is 11.4. The Balaban J connectivity index is 1.56. The lowest BCUT2D eigenvalue weighted by atomic mass is 10.1. The van der Waals surface area contributed by atoms with Crippen LogP contribution in [-0.4, -0.2) is 35.1 Å². The third-order valence-electron chi connectivity index (χ3n) is 5.91. The summed E-state index contributed by atoms with van der Waals surface area (Å²) >= 11 is 1.37. The molecule has 1 heterocycles. The second-order valence-corrected chi connectivity index (χ2v) is 11.1. The number of hydrogen-bond donors (Lipinski definition) is 1. The van der Waals surface area contributed by atoms with Gasteiger partial charge in [0.1, 0.15) is 11.5 Å².